The van der Waals surface area contributed by atoms with Gasteiger partial charge in [-0.2, -0.15) is 0 Å². The molecule has 0 radical (unpaired) electrons. The highest BCUT2D eigenvalue weighted by Crippen LogP contribution is 2.32. The Balaban J connectivity index is 1.70. The molecule has 1 N–H and O–H groups in total. The molecule has 3 aromatic rings. The number of aromatic nitrogens is 3. The van der Waals surface area contributed by atoms with Gasteiger partial charge >= 0.3 is 5.69 Å². The molecular weight excluding hydrogens is 351 g/mol. The Bertz CT molecular complexity index is 1210. The van der Waals surface area contributed by atoms with Crippen LogP contribution in [0.4, 0.5) is 4.39 Å². The van der Waals surface area contributed by atoms with Crippen molar-refractivity contribution in [1.29, 1.82) is 0 Å². The van der Waals surface area contributed by atoms with Gasteiger partial charge in [-0.05, 0) is 42.2 Å². The number of amides is 1. The third-order valence-electron chi connectivity index (χ3n) is 5.05. The Morgan fingerprint density at radius 3 is 2.74 bits per heavy atom. The number of carbonyl (C=O) groups excluding carboxylic acids is 1. The minimum absolute atomic E-state index is 0.0932. The van der Waals surface area contributed by atoms with Crippen molar-refractivity contribution in [2.45, 2.75) is 18.9 Å². The smallest absolute Gasteiger partial charge is 0.332 e. The van der Waals surface area contributed by atoms with Crippen LogP contribution in [0.25, 0.3) is 11.0 Å². The molecule has 0 bridgehead atoms. The fourth-order valence-corrected chi connectivity index (χ4v) is 3.57. The van der Waals surface area contributed by atoms with E-state index < -0.39 is 17.2 Å². The fraction of sp³-hybridized carbons (Fsp3) is 0.263. The largest absolute Gasteiger partial charge is 0.344 e. The average Bonchev–Trinajstić information content (AvgIpc) is 3.08. The van der Waals surface area contributed by atoms with Gasteiger partial charge in [0, 0.05) is 14.1 Å². The highest BCUT2D eigenvalue weighted by atomic mass is 19.1. The molecule has 27 heavy (non-hydrogen) atoms. The minimum atomic E-state index is -0.516. The monoisotopic (exact) mass is 368 g/mol. The molecule has 1 unspecified atom stereocenters. The number of pyridine rings is 1. The van der Waals surface area contributed by atoms with Crippen LogP contribution >= 0.6 is 0 Å². The molecule has 2 heterocycles. The molecule has 1 amide bonds. The van der Waals surface area contributed by atoms with Gasteiger partial charge in [0.1, 0.15) is 17.2 Å². The van der Waals surface area contributed by atoms with Gasteiger partial charge in [-0.25, -0.2) is 14.2 Å². The summed E-state index contributed by atoms with van der Waals surface area (Å²) in [4.78, 5) is 41.2. The summed E-state index contributed by atoms with van der Waals surface area (Å²) in [7, 11) is 2.89. The van der Waals surface area contributed by atoms with Gasteiger partial charge in [-0.1, -0.05) is 12.1 Å². The van der Waals surface area contributed by atoms with Gasteiger partial charge in [-0.3, -0.25) is 18.7 Å². The van der Waals surface area contributed by atoms with Crippen molar-refractivity contribution in [3.8, 4) is 0 Å². The minimum Gasteiger partial charge on any atom is -0.344 e. The molecule has 1 atom stereocenters. The first-order valence-electron chi connectivity index (χ1n) is 8.53. The Kier molecular flexibility index (Phi) is 3.91. The first kappa shape index (κ1) is 17.1. The van der Waals surface area contributed by atoms with E-state index in [4.69, 9.17) is 0 Å². The number of rotatable bonds is 2. The topological polar surface area (TPSA) is 86.0 Å². The van der Waals surface area contributed by atoms with Crippen LogP contribution < -0.4 is 16.6 Å². The molecule has 1 aromatic carbocycles. The highest BCUT2D eigenvalue weighted by Gasteiger charge is 2.27. The SMILES string of the molecule is Cn1c(=O)c2ccc(C(=O)NC3CCc4c(F)cccc43)nc2n(C)c1=O. The van der Waals surface area contributed by atoms with Gasteiger partial charge in [0.2, 0.25) is 0 Å². The Hall–Kier alpha value is -3.29. The van der Waals surface area contributed by atoms with Crippen LogP contribution in [0.15, 0.2) is 39.9 Å². The molecule has 4 rings (SSSR count). The van der Waals surface area contributed by atoms with Gasteiger partial charge < -0.3 is 5.32 Å². The number of halogens is 1. The number of nitrogens with one attached hydrogen (secondary N) is 1. The molecule has 0 aliphatic heterocycles. The number of fused-ring (bicyclic) bond motifs is 2. The summed E-state index contributed by atoms with van der Waals surface area (Å²) in [6.07, 6.45) is 1.16. The van der Waals surface area contributed by atoms with E-state index in [2.05, 4.69) is 10.3 Å². The third kappa shape index (κ3) is 2.64. The van der Waals surface area contributed by atoms with Crippen molar-refractivity contribution in [3.05, 3.63) is 73.8 Å². The van der Waals surface area contributed by atoms with E-state index >= 15 is 0 Å². The summed E-state index contributed by atoms with van der Waals surface area (Å²) in [5.74, 6) is -0.703. The maximum absolute atomic E-state index is 13.9. The first-order chi connectivity index (χ1) is 12.9. The van der Waals surface area contributed by atoms with Crippen LogP contribution in [-0.2, 0) is 20.5 Å². The standard InChI is InChI=1S/C19H17FN4O3/c1-23-16-12(18(26)24(2)19(23)27)7-9-15(21-16)17(25)22-14-8-6-10-11(14)4-3-5-13(10)20/h3-5,7,9,14H,6,8H2,1-2H3,(H,22,25). The molecular formula is C19H17FN4O3. The number of nitrogens with zero attached hydrogens (tertiary/aromatic N) is 3. The van der Waals surface area contributed by atoms with Crippen LogP contribution in [0.3, 0.4) is 0 Å². The van der Waals surface area contributed by atoms with E-state index in [0.717, 1.165) is 10.1 Å². The van der Waals surface area contributed by atoms with Crippen molar-refractivity contribution in [3.63, 3.8) is 0 Å². The summed E-state index contributed by atoms with van der Waals surface area (Å²) in [6.45, 7) is 0. The third-order valence-corrected chi connectivity index (χ3v) is 5.05. The van der Waals surface area contributed by atoms with Crippen molar-refractivity contribution >= 4 is 16.9 Å². The lowest BCUT2D eigenvalue weighted by molar-refractivity contribution is 0.0932. The molecule has 0 spiro atoms. The van der Waals surface area contributed by atoms with Crippen LogP contribution in [0, 0.1) is 5.82 Å². The lowest BCUT2D eigenvalue weighted by Crippen LogP contribution is -2.37. The van der Waals surface area contributed by atoms with E-state index in [1.807, 2.05) is 0 Å². The van der Waals surface area contributed by atoms with E-state index in [9.17, 15) is 18.8 Å². The molecule has 1 aliphatic rings. The molecule has 2 aromatic heterocycles. The van der Waals surface area contributed by atoms with Crippen LogP contribution in [-0.4, -0.2) is 20.0 Å². The second-order valence-electron chi connectivity index (χ2n) is 6.65. The first-order valence-corrected chi connectivity index (χ1v) is 8.53. The van der Waals surface area contributed by atoms with Gasteiger partial charge in [-0.15, -0.1) is 0 Å². The predicted octanol–water partition coefficient (Wildman–Crippen LogP) is 1.19. The maximum Gasteiger partial charge on any atom is 0.332 e. The Morgan fingerprint density at radius 1 is 1.19 bits per heavy atom. The normalized spacial score (nSPS) is 15.7. The second kappa shape index (κ2) is 6.15. The zero-order chi connectivity index (χ0) is 19.3. The molecule has 0 fully saturated rings. The van der Waals surface area contributed by atoms with Crippen LogP contribution in [0.2, 0.25) is 0 Å². The maximum atomic E-state index is 13.9. The molecule has 8 heteroatoms. The zero-order valence-electron chi connectivity index (χ0n) is 14.8. The lowest BCUT2D eigenvalue weighted by Gasteiger charge is -2.14. The van der Waals surface area contributed by atoms with Crippen molar-refractivity contribution < 1.29 is 9.18 Å². The number of benzene rings is 1. The van der Waals surface area contributed by atoms with Gasteiger partial charge in [0.25, 0.3) is 11.5 Å². The average molecular weight is 368 g/mol. The highest BCUT2D eigenvalue weighted by molar-refractivity contribution is 5.94. The number of hydrogen-bond acceptors (Lipinski definition) is 4. The van der Waals surface area contributed by atoms with Gasteiger partial charge in [0.05, 0.1) is 11.4 Å². The van der Waals surface area contributed by atoms with Crippen molar-refractivity contribution in [2.75, 3.05) is 0 Å². The van der Waals surface area contributed by atoms with E-state index in [0.29, 0.717) is 18.4 Å². The molecule has 0 saturated carbocycles. The van der Waals surface area contributed by atoms with E-state index in [1.54, 1.807) is 12.1 Å². The summed E-state index contributed by atoms with van der Waals surface area (Å²) < 4.78 is 16.1. The predicted molar refractivity (Wildman–Crippen MR) is 97.2 cm³/mol. The second-order valence-corrected chi connectivity index (χ2v) is 6.65. The molecule has 0 saturated heterocycles. The summed E-state index contributed by atoms with van der Waals surface area (Å²) in [6, 6.07) is 7.48. The molecule has 138 valence electrons. The quantitative estimate of drug-likeness (QED) is 0.736. The van der Waals surface area contributed by atoms with Crippen LogP contribution in [0.1, 0.15) is 34.1 Å². The fourth-order valence-electron chi connectivity index (χ4n) is 3.57. The summed E-state index contributed by atoms with van der Waals surface area (Å²) in [5.41, 5.74) is 0.653. The van der Waals surface area contributed by atoms with Crippen molar-refractivity contribution in [2.24, 2.45) is 14.1 Å². The molecule has 7 nitrogen and oxygen atoms in total. The zero-order valence-corrected chi connectivity index (χ0v) is 14.8. The number of aryl methyl sites for hydroxylation is 1. The molecule has 1 aliphatic carbocycles. The Labute approximate surface area is 153 Å². The number of carbonyl (C=O) groups is 1. The Morgan fingerprint density at radius 2 is 1.96 bits per heavy atom. The van der Waals surface area contributed by atoms with Crippen molar-refractivity contribution in [1.82, 2.24) is 19.4 Å². The lowest BCUT2D eigenvalue weighted by atomic mass is 10.1. The summed E-state index contributed by atoms with van der Waals surface area (Å²) >= 11 is 0. The van der Waals surface area contributed by atoms with Gasteiger partial charge in [0.15, 0.2) is 0 Å². The van der Waals surface area contributed by atoms with E-state index in [1.165, 1.54) is 36.9 Å². The summed E-state index contributed by atoms with van der Waals surface area (Å²) in [5, 5.41) is 3.12. The van der Waals surface area contributed by atoms with Crippen LogP contribution in [0.5, 0.6) is 0 Å². The van der Waals surface area contributed by atoms with E-state index in [-0.39, 0.29) is 28.6 Å². The number of hydrogen-bond donors (Lipinski definition) is 1.